The molecule has 1 aromatic carbocycles. The first-order valence-electron chi connectivity index (χ1n) is 6.63. The van der Waals surface area contributed by atoms with Crippen LogP contribution in [0.2, 0.25) is 0 Å². The van der Waals surface area contributed by atoms with Gasteiger partial charge in [0.1, 0.15) is 13.2 Å². The molecule has 2 aliphatic rings. The third-order valence-electron chi connectivity index (χ3n) is 3.19. The minimum Gasteiger partial charge on any atom is -0.486 e. The van der Waals surface area contributed by atoms with Crippen molar-refractivity contribution in [2.24, 2.45) is 4.99 Å². The summed E-state index contributed by atoms with van der Waals surface area (Å²) in [6, 6.07) is 2.96. The number of hydrogen-bond donors (Lipinski definition) is 0. The molecule has 0 saturated heterocycles. The maximum absolute atomic E-state index is 11.9. The van der Waals surface area contributed by atoms with Gasteiger partial charge in [-0.1, -0.05) is 0 Å². The lowest BCUT2D eigenvalue weighted by molar-refractivity contribution is -0.146. The number of nitrogens with zero attached hydrogens (tertiary/aromatic N) is 1. The zero-order chi connectivity index (χ0) is 14.8. The Hall–Kier alpha value is -1.76. The SMILES string of the molecule is CCOC(=O)C1N=COC1c1cc(Br)c2c(c1)OCCO2. The van der Waals surface area contributed by atoms with Gasteiger partial charge in [0.2, 0.25) is 0 Å². The number of carbonyl (C=O) groups excluding carboxylic acids is 1. The normalized spacial score (nSPS) is 22.8. The highest BCUT2D eigenvalue weighted by Crippen LogP contribution is 2.41. The Balaban J connectivity index is 1.89. The number of ether oxygens (including phenoxy) is 4. The second-order valence-electron chi connectivity index (χ2n) is 4.53. The van der Waals surface area contributed by atoms with Crippen molar-refractivity contribution in [3.8, 4) is 11.5 Å². The molecule has 0 spiro atoms. The van der Waals surface area contributed by atoms with Crippen molar-refractivity contribution >= 4 is 28.3 Å². The molecule has 6 nitrogen and oxygen atoms in total. The minimum atomic E-state index is -0.695. The van der Waals surface area contributed by atoms with Crippen LogP contribution in [0.3, 0.4) is 0 Å². The highest BCUT2D eigenvalue weighted by molar-refractivity contribution is 9.10. The van der Waals surface area contributed by atoms with Crippen molar-refractivity contribution in [2.45, 2.75) is 19.1 Å². The molecule has 0 amide bonds. The van der Waals surface area contributed by atoms with Gasteiger partial charge in [0.25, 0.3) is 0 Å². The van der Waals surface area contributed by atoms with Gasteiger partial charge in [0.15, 0.2) is 30.0 Å². The molecule has 1 aromatic rings. The van der Waals surface area contributed by atoms with E-state index in [0.29, 0.717) is 31.3 Å². The van der Waals surface area contributed by atoms with Crippen molar-refractivity contribution in [1.82, 2.24) is 0 Å². The summed E-state index contributed by atoms with van der Waals surface area (Å²) >= 11 is 3.45. The summed E-state index contributed by atoms with van der Waals surface area (Å²) in [7, 11) is 0. The average Bonchev–Trinajstić information content (AvgIpc) is 2.97. The van der Waals surface area contributed by atoms with Crippen LogP contribution in [0, 0.1) is 0 Å². The molecular formula is C14H14BrNO5. The van der Waals surface area contributed by atoms with Crippen LogP contribution in [0.15, 0.2) is 21.6 Å². The minimum absolute atomic E-state index is 0.308. The third kappa shape index (κ3) is 2.70. The van der Waals surface area contributed by atoms with Crippen LogP contribution in [0.1, 0.15) is 18.6 Å². The van der Waals surface area contributed by atoms with E-state index in [2.05, 4.69) is 20.9 Å². The molecule has 0 aromatic heterocycles. The Kier molecular flexibility index (Phi) is 4.01. The maximum atomic E-state index is 11.9. The summed E-state index contributed by atoms with van der Waals surface area (Å²) in [5.41, 5.74) is 0.779. The van der Waals surface area contributed by atoms with Crippen molar-refractivity contribution in [2.75, 3.05) is 19.8 Å². The third-order valence-corrected chi connectivity index (χ3v) is 3.78. The van der Waals surface area contributed by atoms with Crippen molar-refractivity contribution in [3.63, 3.8) is 0 Å². The molecule has 2 atom stereocenters. The Bertz CT molecular complexity index is 589. The van der Waals surface area contributed by atoms with E-state index < -0.39 is 18.1 Å². The van der Waals surface area contributed by atoms with Crippen LogP contribution in [-0.4, -0.2) is 38.2 Å². The zero-order valence-corrected chi connectivity index (χ0v) is 13.0. The lowest BCUT2D eigenvalue weighted by atomic mass is 10.0. The van der Waals surface area contributed by atoms with Gasteiger partial charge < -0.3 is 18.9 Å². The Labute approximate surface area is 130 Å². The predicted molar refractivity (Wildman–Crippen MR) is 77.9 cm³/mol. The van der Waals surface area contributed by atoms with E-state index in [9.17, 15) is 4.79 Å². The van der Waals surface area contributed by atoms with E-state index in [4.69, 9.17) is 18.9 Å². The van der Waals surface area contributed by atoms with Gasteiger partial charge in [-0.05, 0) is 35.0 Å². The fourth-order valence-corrected chi connectivity index (χ4v) is 2.86. The van der Waals surface area contributed by atoms with Crippen molar-refractivity contribution in [1.29, 1.82) is 0 Å². The van der Waals surface area contributed by atoms with Crippen molar-refractivity contribution in [3.05, 3.63) is 22.2 Å². The second-order valence-corrected chi connectivity index (χ2v) is 5.39. The average molecular weight is 356 g/mol. The molecule has 0 aliphatic carbocycles. The molecule has 2 unspecified atom stereocenters. The molecule has 0 saturated carbocycles. The van der Waals surface area contributed by atoms with Gasteiger partial charge in [-0.2, -0.15) is 0 Å². The molecule has 112 valence electrons. The lowest BCUT2D eigenvalue weighted by Crippen LogP contribution is -2.26. The lowest BCUT2D eigenvalue weighted by Gasteiger charge is -2.22. The summed E-state index contributed by atoms with van der Waals surface area (Å²) in [6.07, 6.45) is 0.771. The smallest absolute Gasteiger partial charge is 0.335 e. The van der Waals surface area contributed by atoms with Crippen LogP contribution in [0.4, 0.5) is 0 Å². The summed E-state index contributed by atoms with van der Waals surface area (Å²) in [5, 5.41) is 0. The molecule has 0 fully saturated rings. The first-order chi connectivity index (χ1) is 10.2. The molecule has 2 aliphatic heterocycles. The molecule has 0 bridgehead atoms. The molecule has 7 heteroatoms. The van der Waals surface area contributed by atoms with Crippen LogP contribution in [0.5, 0.6) is 11.5 Å². The molecule has 0 N–H and O–H groups in total. The second kappa shape index (κ2) is 5.93. The van der Waals surface area contributed by atoms with E-state index in [1.165, 1.54) is 6.40 Å². The topological polar surface area (TPSA) is 66.4 Å². The maximum Gasteiger partial charge on any atom is 0.335 e. The summed E-state index contributed by atoms with van der Waals surface area (Å²) in [4.78, 5) is 16.0. The largest absolute Gasteiger partial charge is 0.486 e. The van der Waals surface area contributed by atoms with E-state index in [-0.39, 0.29) is 0 Å². The van der Waals surface area contributed by atoms with Gasteiger partial charge in [-0.15, -0.1) is 0 Å². The number of benzene rings is 1. The fourth-order valence-electron chi connectivity index (χ4n) is 2.29. The Morgan fingerprint density at radius 3 is 3.05 bits per heavy atom. The van der Waals surface area contributed by atoms with E-state index in [1.807, 2.05) is 12.1 Å². The number of esters is 1. The summed E-state index contributed by atoms with van der Waals surface area (Å²) in [6.45, 7) is 3.07. The first-order valence-corrected chi connectivity index (χ1v) is 7.42. The highest BCUT2D eigenvalue weighted by atomic mass is 79.9. The predicted octanol–water partition coefficient (Wildman–Crippen LogP) is 2.25. The molecule has 21 heavy (non-hydrogen) atoms. The van der Waals surface area contributed by atoms with Gasteiger partial charge in [0.05, 0.1) is 11.1 Å². The number of halogens is 1. The van der Waals surface area contributed by atoms with E-state index >= 15 is 0 Å². The van der Waals surface area contributed by atoms with Crippen LogP contribution >= 0.6 is 15.9 Å². The van der Waals surface area contributed by atoms with Crippen LogP contribution in [-0.2, 0) is 14.3 Å². The van der Waals surface area contributed by atoms with Crippen molar-refractivity contribution < 1.29 is 23.7 Å². The zero-order valence-electron chi connectivity index (χ0n) is 11.4. The summed E-state index contributed by atoms with van der Waals surface area (Å²) < 4.78 is 22.4. The number of fused-ring (bicyclic) bond motifs is 1. The molecule has 3 rings (SSSR count). The number of carbonyl (C=O) groups is 1. The number of rotatable bonds is 3. The van der Waals surface area contributed by atoms with E-state index in [0.717, 1.165) is 10.0 Å². The van der Waals surface area contributed by atoms with Gasteiger partial charge >= 0.3 is 5.97 Å². The quantitative estimate of drug-likeness (QED) is 0.778. The monoisotopic (exact) mass is 355 g/mol. The fraction of sp³-hybridized carbons (Fsp3) is 0.429. The molecular weight excluding hydrogens is 342 g/mol. The van der Waals surface area contributed by atoms with Gasteiger partial charge in [-0.25, -0.2) is 9.79 Å². The molecule has 2 heterocycles. The van der Waals surface area contributed by atoms with Crippen LogP contribution < -0.4 is 9.47 Å². The standard InChI is InChI=1S/C14H14BrNO5/c1-2-18-14(17)11-12(21-7-16-11)8-5-9(15)13-10(6-8)19-3-4-20-13/h5-7,11-12H,2-4H2,1H3. The van der Waals surface area contributed by atoms with Crippen LogP contribution in [0.25, 0.3) is 0 Å². The van der Waals surface area contributed by atoms with Gasteiger partial charge in [-0.3, -0.25) is 0 Å². The first kappa shape index (κ1) is 14.2. The Morgan fingerprint density at radius 2 is 2.24 bits per heavy atom. The van der Waals surface area contributed by atoms with Gasteiger partial charge in [0, 0.05) is 5.56 Å². The molecule has 0 radical (unpaired) electrons. The summed E-state index contributed by atoms with van der Waals surface area (Å²) in [5.74, 6) is 0.891. The number of aliphatic imine (C=N–C) groups is 1. The van der Waals surface area contributed by atoms with E-state index in [1.54, 1.807) is 6.92 Å². The number of hydrogen-bond acceptors (Lipinski definition) is 6. The highest BCUT2D eigenvalue weighted by Gasteiger charge is 2.36. The Morgan fingerprint density at radius 1 is 1.43 bits per heavy atom.